The standard InChI is InChI=1S/C15H19ClN2O2S.C12H13F3N2/c16-14-8-11-3-7-18(10-13(11)21-14)15(20)2-1-5-17-6-4-12(19)9-17;1-2-17-8-10(11(16)12(13,14)15)9-6-4-3-5-7-9/h1-2,8,12,19H,3-7,9-10H2;3-8H,2,16H2,1H3/b2-1+;11-10+,17-8?. The summed E-state index contributed by atoms with van der Waals surface area (Å²) in [7, 11) is 0. The zero-order chi connectivity index (χ0) is 27.7. The monoisotopic (exact) mass is 568 g/mol. The molecule has 0 bridgehead atoms. The summed E-state index contributed by atoms with van der Waals surface area (Å²) in [6.07, 6.45) is 1.68. The minimum atomic E-state index is -4.55. The second kappa shape index (κ2) is 13.9. The van der Waals surface area contributed by atoms with Crippen LogP contribution in [-0.2, 0) is 17.8 Å². The zero-order valence-corrected chi connectivity index (χ0v) is 22.7. The van der Waals surface area contributed by atoms with Crippen LogP contribution in [-0.4, -0.2) is 72.0 Å². The summed E-state index contributed by atoms with van der Waals surface area (Å²) < 4.78 is 38.5. The van der Waals surface area contributed by atoms with E-state index in [1.807, 2.05) is 17.0 Å². The second-order valence-electron chi connectivity index (χ2n) is 8.93. The summed E-state index contributed by atoms with van der Waals surface area (Å²) in [5.41, 5.74) is 5.59. The van der Waals surface area contributed by atoms with Crippen LogP contribution < -0.4 is 5.73 Å². The summed E-state index contributed by atoms with van der Waals surface area (Å²) >= 11 is 7.59. The van der Waals surface area contributed by atoms with Crippen LogP contribution in [0.3, 0.4) is 0 Å². The Kier molecular flexibility index (Phi) is 11.0. The topological polar surface area (TPSA) is 82.2 Å². The molecule has 1 aromatic heterocycles. The number of nitrogens with zero attached hydrogens (tertiary/aromatic N) is 3. The summed E-state index contributed by atoms with van der Waals surface area (Å²) in [6, 6.07) is 10.2. The van der Waals surface area contributed by atoms with Gasteiger partial charge in [-0.25, -0.2) is 0 Å². The van der Waals surface area contributed by atoms with Gasteiger partial charge in [-0.3, -0.25) is 14.7 Å². The van der Waals surface area contributed by atoms with Crippen molar-refractivity contribution < 1.29 is 23.1 Å². The van der Waals surface area contributed by atoms with Gasteiger partial charge in [-0.15, -0.1) is 11.3 Å². The molecule has 1 fully saturated rings. The highest BCUT2D eigenvalue weighted by atomic mass is 35.5. The molecule has 1 amide bonds. The quantitative estimate of drug-likeness (QED) is 0.383. The largest absolute Gasteiger partial charge is 0.431 e. The lowest BCUT2D eigenvalue weighted by molar-refractivity contribution is -0.126. The van der Waals surface area contributed by atoms with Crippen molar-refractivity contribution in [1.82, 2.24) is 9.80 Å². The van der Waals surface area contributed by atoms with Gasteiger partial charge in [0, 0.05) is 55.5 Å². The van der Waals surface area contributed by atoms with Gasteiger partial charge in [-0.05, 0) is 37.0 Å². The molecule has 2 aromatic rings. The number of likely N-dealkylation sites (tertiary alicyclic amines) is 1. The summed E-state index contributed by atoms with van der Waals surface area (Å²) in [5.74, 6) is 0.0601. The molecule has 2 aliphatic rings. The summed E-state index contributed by atoms with van der Waals surface area (Å²) in [4.78, 5) is 21.2. The van der Waals surface area contributed by atoms with E-state index in [9.17, 15) is 23.1 Å². The fraction of sp³-hybridized carbons (Fsp3) is 0.407. The number of thiophene rings is 1. The molecule has 3 heterocycles. The molecule has 11 heteroatoms. The van der Waals surface area contributed by atoms with Crippen molar-refractivity contribution >= 4 is 40.6 Å². The molecule has 4 rings (SSSR count). The van der Waals surface area contributed by atoms with E-state index in [1.54, 1.807) is 54.7 Å². The van der Waals surface area contributed by atoms with Gasteiger partial charge in [0.15, 0.2) is 0 Å². The van der Waals surface area contributed by atoms with E-state index in [1.165, 1.54) is 10.4 Å². The van der Waals surface area contributed by atoms with E-state index < -0.39 is 11.9 Å². The number of benzene rings is 1. The number of β-amino-alcohol motifs (C(OH)–C–C–N with tert-alkyl or cyclic N) is 1. The molecule has 206 valence electrons. The Morgan fingerprint density at radius 3 is 2.66 bits per heavy atom. The van der Waals surface area contributed by atoms with Crippen molar-refractivity contribution in [2.75, 3.05) is 32.7 Å². The maximum absolute atomic E-state index is 12.6. The van der Waals surface area contributed by atoms with Crippen molar-refractivity contribution in [1.29, 1.82) is 0 Å². The fourth-order valence-corrected chi connectivity index (χ4v) is 5.47. The van der Waals surface area contributed by atoms with Gasteiger partial charge in [-0.2, -0.15) is 13.2 Å². The van der Waals surface area contributed by atoms with Crippen molar-refractivity contribution in [2.24, 2.45) is 10.7 Å². The third-order valence-electron chi connectivity index (χ3n) is 6.12. The number of hydrogen-bond acceptors (Lipinski definition) is 6. The Hall–Kier alpha value is -2.66. The maximum Gasteiger partial charge on any atom is 0.431 e. The van der Waals surface area contributed by atoms with Crippen LogP contribution in [0.4, 0.5) is 13.2 Å². The van der Waals surface area contributed by atoms with E-state index in [0.717, 1.165) is 43.0 Å². The Balaban J connectivity index is 0.000000216. The number of aliphatic hydroxyl groups excluding tert-OH is 1. The number of aliphatic imine (C=N–C) groups is 1. The number of rotatable bonds is 6. The van der Waals surface area contributed by atoms with Crippen molar-refractivity contribution in [3.05, 3.63) is 74.6 Å². The highest BCUT2D eigenvalue weighted by molar-refractivity contribution is 7.16. The number of nitrogens with two attached hydrogens (primary N) is 1. The van der Waals surface area contributed by atoms with Gasteiger partial charge in [0.1, 0.15) is 5.70 Å². The van der Waals surface area contributed by atoms with Gasteiger partial charge >= 0.3 is 6.18 Å². The molecule has 6 nitrogen and oxygen atoms in total. The van der Waals surface area contributed by atoms with E-state index >= 15 is 0 Å². The number of amides is 1. The van der Waals surface area contributed by atoms with Crippen molar-refractivity contribution in [3.63, 3.8) is 0 Å². The lowest BCUT2D eigenvalue weighted by atomic mass is 10.0. The molecule has 1 atom stereocenters. The smallest absolute Gasteiger partial charge is 0.394 e. The van der Waals surface area contributed by atoms with Crippen LogP contribution in [0.2, 0.25) is 4.34 Å². The molecule has 0 spiro atoms. The first-order chi connectivity index (χ1) is 18.1. The number of aliphatic hydroxyl groups is 1. The second-order valence-corrected chi connectivity index (χ2v) is 10.7. The molecule has 38 heavy (non-hydrogen) atoms. The van der Waals surface area contributed by atoms with Gasteiger partial charge in [0.25, 0.3) is 0 Å². The minimum absolute atomic E-state index is 0.0601. The van der Waals surface area contributed by atoms with Crippen LogP contribution in [0.15, 0.2) is 59.2 Å². The van der Waals surface area contributed by atoms with Crippen LogP contribution >= 0.6 is 22.9 Å². The predicted octanol–water partition coefficient (Wildman–Crippen LogP) is 4.92. The van der Waals surface area contributed by atoms with Gasteiger partial charge in [-0.1, -0.05) is 48.0 Å². The zero-order valence-electron chi connectivity index (χ0n) is 21.1. The normalized spacial score (nSPS) is 18.9. The highest BCUT2D eigenvalue weighted by Gasteiger charge is 2.34. The van der Waals surface area contributed by atoms with Crippen LogP contribution in [0.5, 0.6) is 0 Å². The maximum atomic E-state index is 12.6. The highest BCUT2D eigenvalue weighted by Crippen LogP contribution is 2.31. The third-order valence-corrected chi connectivity index (χ3v) is 7.41. The molecular formula is C27H32ClF3N4O2S. The average Bonchev–Trinajstić information content (AvgIpc) is 3.47. The molecule has 1 saturated heterocycles. The summed E-state index contributed by atoms with van der Waals surface area (Å²) in [5, 5.41) is 9.46. The molecule has 1 unspecified atom stereocenters. The van der Waals surface area contributed by atoms with E-state index in [4.69, 9.17) is 17.3 Å². The number of fused-ring (bicyclic) bond motifs is 1. The Bertz CT molecular complexity index is 1160. The first-order valence-corrected chi connectivity index (χ1v) is 13.5. The molecule has 2 aliphatic heterocycles. The number of carbonyl (C=O) groups excluding carboxylic acids is 1. The number of hydrogen-bond donors (Lipinski definition) is 2. The molecular weight excluding hydrogens is 537 g/mol. The minimum Gasteiger partial charge on any atom is -0.394 e. The third kappa shape index (κ3) is 8.69. The molecule has 3 N–H and O–H groups in total. The first kappa shape index (κ1) is 29.9. The SMILES string of the molecule is CCN=C/C(=C(\N)C(F)(F)F)c1ccccc1.O=C(/C=C/CN1CCC(O)C1)N1CCc2cc(Cl)sc2C1. The lowest BCUT2D eigenvalue weighted by Crippen LogP contribution is -2.34. The Morgan fingerprint density at radius 1 is 1.29 bits per heavy atom. The van der Waals surface area contributed by atoms with E-state index in [2.05, 4.69) is 9.89 Å². The van der Waals surface area contributed by atoms with Crippen molar-refractivity contribution in [3.8, 4) is 0 Å². The van der Waals surface area contributed by atoms with Gasteiger partial charge in [0.2, 0.25) is 5.91 Å². The van der Waals surface area contributed by atoms with Crippen LogP contribution in [0, 0.1) is 0 Å². The van der Waals surface area contributed by atoms with Crippen LogP contribution in [0.1, 0.15) is 29.3 Å². The number of alkyl halides is 3. The Morgan fingerprint density at radius 2 is 2.03 bits per heavy atom. The molecule has 0 aliphatic carbocycles. The fourth-order valence-electron chi connectivity index (χ4n) is 4.11. The van der Waals surface area contributed by atoms with Gasteiger partial charge in [0.05, 0.1) is 17.0 Å². The first-order valence-electron chi connectivity index (χ1n) is 12.3. The number of carbonyl (C=O) groups is 1. The lowest BCUT2D eigenvalue weighted by Gasteiger charge is -2.25. The number of halogens is 4. The van der Waals surface area contributed by atoms with E-state index in [0.29, 0.717) is 25.2 Å². The van der Waals surface area contributed by atoms with Crippen molar-refractivity contribution in [2.45, 2.75) is 38.6 Å². The van der Waals surface area contributed by atoms with Crippen LogP contribution in [0.25, 0.3) is 5.57 Å². The predicted molar refractivity (Wildman–Crippen MR) is 147 cm³/mol. The molecule has 1 aromatic carbocycles. The van der Waals surface area contributed by atoms with E-state index in [-0.39, 0.29) is 17.6 Å². The molecule has 0 saturated carbocycles. The average molecular weight is 569 g/mol. The van der Waals surface area contributed by atoms with Gasteiger partial charge < -0.3 is 15.7 Å². The summed E-state index contributed by atoms with van der Waals surface area (Å²) in [6.45, 7) is 5.90. The molecule has 0 radical (unpaired) electrons. The Labute approximate surface area is 229 Å². The number of allylic oxidation sites excluding steroid dienone is 2.